The second-order valence-electron chi connectivity index (χ2n) is 6.73. The zero-order valence-electron chi connectivity index (χ0n) is 17.4. The summed E-state index contributed by atoms with van der Waals surface area (Å²) in [5, 5.41) is 2.79. The molecule has 164 valence electrons. The third-order valence-electron chi connectivity index (χ3n) is 4.15. The Morgan fingerprint density at radius 3 is 2.30 bits per heavy atom. The number of carbonyl (C=O) groups is 1. The molecule has 0 aliphatic carbocycles. The molecule has 0 unspecified atom stereocenters. The molecule has 0 radical (unpaired) electrons. The van der Waals surface area contributed by atoms with Gasteiger partial charge in [0.2, 0.25) is 5.91 Å². The Bertz CT molecular complexity index is 879. The number of anilines is 1. The number of rotatable bonds is 13. The normalized spacial score (nSPS) is 11.3. The molecule has 0 fully saturated rings. The van der Waals surface area contributed by atoms with Crippen LogP contribution in [0, 0.1) is 6.92 Å². The first-order chi connectivity index (χ1) is 14.4. The van der Waals surface area contributed by atoms with Crippen molar-refractivity contribution < 1.29 is 26.9 Å². The number of hydrogen-bond acceptors (Lipinski definition) is 6. The van der Waals surface area contributed by atoms with Crippen LogP contribution in [0.3, 0.4) is 0 Å². The van der Waals surface area contributed by atoms with Gasteiger partial charge in [-0.1, -0.05) is 31.0 Å². The molecule has 0 heterocycles. The van der Waals surface area contributed by atoms with Gasteiger partial charge in [0.1, 0.15) is 19.0 Å². The molecule has 0 aliphatic rings. The Hall–Kier alpha value is -2.42. The first-order valence-corrected chi connectivity index (χ1v) is 11.4. The molecule has 0 aliphatic heterocycles. The van der Waals surface area contributed by atoms with Crippen LogP contribution in [-0.2, 0) is 23.8 Å². The highest BCUT2D eigenvalue weighted by Crippen LogP contribution is 2.17. The van der Waals surface area contributed by atoms with E-state index in [0.29, 0.717) is 31.1 Å². The van der Waals surface area contributed by atoms with Gasteiger partial charge in [-0.15, -0.1) is 0 Å². The summed E-state index contributed by atoms with van der Waals surface area (Å²) in [6.07, 6.45) is 2.36. The summed E-state index contributed by atoms with van der Waals surface area (Å²) in [7, 11) is -3.80. The molecule has 1 amide bonds. The maximum absolute atomic E-state index is 12.1. The quantitative estimate of drug-likeness (QED) is 0.379. The van der Waals surface area contributed by atoms with Crippen LogP contribution < -0.4 is 10.1 Å². The highest BCUT2D eigenvalue weighted by molar-refractivity contribution is 7.86. The summed E-state index contributed by atoms with van der Waals surface area (Å²) in [5.41, 5.74) is 1.62. The smallest absolute Gasteiger partial charge is 0.297 e. The van der Waals surface area contributed by atoms with Crippen LogP contribution in [0.1, 0.15) is 31.7 Å². The van der Waals surface area contributed by atoms with E-state index in [1.165, 1.54) is 12.1 Å². The van der Waals surface area contributed by atoms with Gasteiger partial charge in [-0.3, -0.25) is 8.98 Å². The van der Waals surface area contributed by atoms with Crippen molar-refractivity contribution in [2.45, 2.75) is 38.0 Å². The predicted octanol–water partition coefficient (Wildman–Crippen LogP) is 3.92. The maximum Gasteiger partial charge on any atom is 0.297 e. The number of amides is 1. The van der Waals surface area contributed by atoms with Crippen molar-refractivity contribution in [3.63, 3.8) is 0 Å². The van der Waals surface area contributed by atoms with E-state index >= 15 is 0 Å². The van der Waals surface area contributed by atoms with Crippen molar-refractivity contribution in [2.75, 3.05) is 31.7 Å². The first-order valence-electron chi connectivity index (χ1n) is 9.97. The molecule has 0 aromatic heterocycles. The van der Waals surface area contributed by atoms with Crippen molar-refractivity contribution in [3.8, 4) is 5.75 Å². The second kappa shape index (κ2) is 12.3. The molecule has 7 nitrogen and oxygen atoms in total. The van der Waals surface area contributed by atoms with Gasteiger partial charge in [0, 0.05) is 12.3 Å². The summed E-state index contributed by atoms with van der Waals surface area (Å²) in [4.78, 5) is 12.0. The second-order valence-corrected chi connectivity index (χ2v) is 8.34. The predicted molar refractivity (Wildman–Crippen MR) is 115 cm³/mol. The largest absolute Gasteiger partial charge is 0.491 e. The van der Waals surface area contributed by atoms with Gasteiger partial charge in [0.25, 0.3) is 10.1 Å². The Kier molecular flexibility index (Phi) is 9.79. The molecule has 0 bridgehead atoms. The number of nitrogens with one attached hydrogen (secondary N) is 1. The van der Waals surface area contributed by atoms with E-state index in [2.05, 4.69) is 12.2 Å². The molecule has 2 aromatic rings. The summed E-state index contributed by atoms with van der Waals surface area (Å²) in [6.45, 7) is 5.01. The van der Waals surface area contributed by atoms with Crippen LogP contribution in [-0.4, -0.2) is 40.8 Å². The molecule has 0 atom stereocenters. The van der Waals surface area contributed by atoms with E-state index in [9.17, 15) is 13.2 Å². The zero-order valence-corrected chi connectivity index (χ0v) is 18.2. The standard InChI is InChI=1S/C22H29NO6S/c1-3-4-14-27-15-13-22(24)23-19-7-9-20(10-8-19)28-16-17-29-30(25,26)21-11-5-18(2)6-12-21/h5-12H,3-4,13-17H2,1-2H3,(H,23,24). The van der Waals surface area contributed by atoms with Crippen LogP contribution in [0.2, 0.25) is 0 Å². The van der Waals surface area contributed by atoms with Gasteiger partial charge in [0.05, 0.1) is 17.9 Å². The molecule has 30 heavy (non-hydrogen) atoms. The molecular formula is C22H29NO6S. The van der Waals surface area contributed by atoms with Crippen LogP contribution in [0.5, 0.6) is 5.75 Å². The van der Waals surface area contributed by atoms with Gasteiger partial charge in [-0.25, -0.2) is 0 Å². The number of hydrogen-bond donors (Lipinski definition) is 1. The molecule has 0 saturated carbocycles. The lowest BCUT2D eigenvalue weighted by molar-refractivity contribution is -0.117. The minimum Gasteiger partial charge on any atom is -0.491 e. The molecule has 0 saturated heterocycles. The number of unbranched alkanes of at least 4 members (excludes halogenated alkanes) is 1. The third-order valence-corrected chi connectivity index (χ3v) is 5.48. The Morgan fingerprint density at radius 2 is 1.63 bits per heavy atom. The minimum atomic E-state index is -3.80. The van der Waals surface area contributed by atoms with Crippen molar-refractivity contribution >= 4 is 21.7 Å². The molecule has 8 heteroatoms. The maximum atomic E-state index is 12.1. The van der Waals surface area contributed by atoms with Crippen LogP contribution in [0.15, 0.2) is 53.4 Å². The summed E-state index contributed by atoms with van der Waals surface area (Å²) in [5.74, 6) is 0.433. The summed E-state index contributed by atoms with van der Waals surface area (Å²) >= 11 is 0. The number of benzene rings is 2. The van der Waals surface area contributed by atoms with E-state index in [1.807, 2.05) is 6.92 Å². The van der Waals surface area contributed by atoms with Crippen LogP contribution >= 0.6 is 0 Å². The van der Waals surface area contributed by atoms with Crippen molar-refractivity contribution in [1.29, 1.82) is 0 Å². The number of aryl methyl sites for hydroxylation is 1. The van der Waals surface area contributed by atoms with Gasteiger partial charge in [-0.2, -0.15) is 8.42 Å². The summed E-state index contributed by atoms with van der Waals surface area (Å²) in [6, 6.07) is 13.3. The zero-order chi connectivity index (χ0) is 21.8. The highest BCUT2D eigenvalue weighted by Gasteiger charge is 2.14. The van der Waals surface area contributed by atoms with E-state index in [4.69, 9.17) is 13.7 Å². The van der Waals surface area contributed by atoms with E-state index in [1.54, 1.807) is 36.4 Å². The lowest BCUT2D eigenvalue weighted by Gasteiger charge is -2.09. The van der Waals surface area contributed by atoms with E-state index < -0.39 is 10.1 Å². The first kappa shape index (κ1) is 23.9. The number of carbonyl (C=O) groups excluding carboxylic acids is 1. The van der Waals surface area contributed by atoms with Crippen LogP contribution in [0.25, 0.3) is 0 Å². The Labute approximate surface area is 178 Å². The minimum absolute atomic E-state index is 0.0753. The van der Waals surface area contributed by atoms with Crippen molar-refractivity contribution in [3.05, 3.63) is 54.1 Å². The van der Waals surface area contributed by atoms with E-state index in [-0.39, 0.29) is 24.0 Å². The topological polar surface area (TPSA) is 90.9 Å². The van der Waals surface area contributed by atoms with Crippen molar-refractivity contribution in [1.82, 2.24) is 0 Å². The Balaban J connectivity index is 1.69. The van der Waals surface area contributed by atoms with Gasteiger partial charge >= 0.3 is 0 Å². The average molecular weight is 436 g/mol. The monoisotopic (exact) mass is 435 g/mol. The molecule has 2 aromatic carbocycles. The summed E-state index contributed by atoms with van der Waals surface area (Å²) < 4.78 is 40.1. The number of ether oxygens (including phenoxy) is 2. The lowest BCUT2D eigenvalue weighted by Crippen LogP contribution is -2.14. The molecule has 1 N–H and O–H groups in total. The SMILES string of the molecule is CCCCOCCC(=O)Nc1ccc(OCCOS(=O)(=O)c2ccc(C)cc2)cc1. The average Bonchev–Trinajstić information content (AvgIpc) is 2.72. The lowest BCUT2D eigenvalue weighted by atomic mass is 10.2. The van der Waals surface area contributed by atoms with Crippen molar-refractivity contribution in [2.24, 2.45) is 0 Å². The van der Waals surface area contributed by atoms with E-state index in [0.717, 1.165) is 18.4 Å². The molecular weight excluding hydrogens is 406 g/mol. The van der Waals surface area contributed by atoms with Gasteiger partial charge < -0.3 is 14.8 Å². The highest BCUT2D eigenvalue weighted by atomic mass is 32.2. The van der Waals surface area contributed by atoms with Gasteiger partial charge in [-0.05, 0) is 49.7 Å². The third kappa shape index (κ3) is 8.52. The molecule has 0 spiro atoms. The fourth-order valence-electron chi connectivity index (χ4n) is 2.45. The Morgan fingerprint density at radius 1 is 0.933 bits per heavy atom. The molecule has 2 rings (SSSR count). The fraction of sp³-hybridized carbons (Fsp3) is 0.409. The fourth-order valence-corrected chi connectivity index (χ4v) is 3.34. The van der Waals surface area contributed by atoms with Crippen LogP contribution in [0.4, 0.5) is 5.69 Å². The van der Waals surface area contributed by atoms with Gasteiger partial charge in [0.15, 0.2) is 0 Å².